The zero-order chi connectivity index (χ0) is 17.8. The minimum atomic E-state index is -0.158. The molecule has 0 spiro atoms. The second-order valence-electron chi connectivity index (χ2n) is 6.00. The Hall–Kier alpha value is -3.34. The van der Waals surface area contributed by atoms with E-state index < -0.39 is 0 Å². The molecular weight excluding hydrogens is 328 g/mol. The second kappa shape index (κ2) is 7.27. The standard InChI is InChI=1S/C21H18N2O3/c1-15-7-10-19(14-22-15)25-21-13-20(26-23-21)16-8-11-18(12-9-16)24-17-5-3-2-4-6-17/h2-12,14,20H,13H2,1H3/t20-/m1/s1. The van der Waals surface area contributed by atoms with Gasteiger partial charge in [-0.2, -0.15) is 0 Å². The van der Waals surface area contributed by atoms with Crippen molar-refractivity contribution in [3.05, 3.63) is 84.2 Å². The molecule has 5 heteroatoms. The van der Waals surface area contributed by atoms with Crippen LogP contribution in [-0.4, -0.2) is 10.9 Å². The summed E-state index contributed by atoms with van der Waals surface area (Å²) < 4.78 is 11.5. The Balaban J connectivity index is 1.36. The van der Waals surface area contributed by atoms with Crippen LogP contribution in [0, 0.1) is 6.92 Å². The van der Waals surface area contributed by atoms with Gasteiger partial charge in [0, 0.05) is 5.69 Å². The van der Waals surface area contributed by atoms with Gasteiger partial charge >= 0.3 is 0 Å². The van der Waals surface area contributed by atoms with E-state index in [1.807, 2.05) is 73.7 Å². The third kappa shape index (κ3) is 3.83. The van der Waals surface area contributed by atoms with E-state index in [1.165, 1.54) is 0 Å². The first-order valence-corrected chi connectivity index (χ1v) is 8.42. The molecule has 0 fully saturated rings. The van der Waals surface area contributed by atoms with Crippen molar-refractivity contribution in [1.29, 1.82) is 0 Å². The molecule has 0 N–H and O–H groups in total. The van der Waals surface area contributed by atoms with E-state index in [2.05, 4.69) is 10.1 Å². The summed E-state index contributed by atoms with van der Waals surface area (Å²) in [6, 6.07) is 21.3. The van der Waals surface area contributed by atoms with Gasteiger partial charge in [0.25, 0.3) is 0 Å². The van der Waals surface area contributed by atoms with Gasteiger partial charge in [0.2, 0.25) is 5.90 Å². The monoisotopic (exact) mass is 346 g/mol. The minimum Gasteiger partial charge on any atom is -0.457 e. The lowest BCUT2D eigenvalue weighted by Gasteiger charge is -2.10. The van der Waals surface area contributed by atoms with Crippen molar-refractivity contribution in [2.45, 2.75) is 19.4 Å². The third-order valence-corrected chi connectivity index (χ3v) is 3.99. The topological polar surface area (TPSA) is 52.9 Å². The predicted molar refractivity (Wildman–Crippen MR) is 98.4 cm³/mol. The molecule has 1 aliphatic heterocycles. The lowest BCUT2D eigenvalue weighted by Crippen LogP contribution is -2.07. The summed E-state index contributed by atoms with van der Waals surface area (Å²) >= 11 is 0. The molecule has 2 heterocycles. The molecular formula is C21H18N2O3. The zero-order valence-corrected chi connectivity index (χ0v) is 14.3. The number of pyridine rings is 1. The fraction of sp³-hybridized carbons (Fsp3) is 0.143. The minimum absolute atomic E-state index is 0.158. The number of oxime groups is 1. The van der Waals surface area contributed by atoms with Crippen LogP contribution in [0.25, 0.3) is 0 Å². The van der Waals surface area contributed by atoms with Crippen molar-refractivity contribution in [3.8, 4) is 17.2 Å². The maximum absolute atomic E-state index is 5.80. The highest BCUT2D eigenvalue weighted by atomic mass is 16.7. The van der Waals surface area contributed by atoms with Gasteiger partial charge in [-0.05, 0) is 48.9 Å². The smallest absolute Gasteiger partial charge is 0.235 e. The van der Waals surface area contributed by atoms with Crippen LogP contribution in [0.1, 0.15) is 23.8 Å². The molecule has 3 aromatic rings. The summed E-state index contributed by atoms with van der Waals surface area (Å²) in [7, 11) is 0. The van der Waals surface area contributed by atoms with Gasteiger partial charge in [-0.15, -0.1) is 0 Å². The van der Waals surface area contributed by atoms with Crippen molar-refractivity contribution in [1.82, 2.24) is 4.98 Å². The molecule has 0 amide bonds. The number of rotatable bonds is 4. The van der Waals surface area contributed by atoms with Crippen LogP contribution < -0.4 is 9.47 Å². The predicted octanol–water partition coefficient (Wildman–Crippen LogP) is 5.04. The Kier molecular flexibility index (Phi) is 4.51. The summed E-state index contributed by atoms with van der Waals surface area (Å²) in [6.45, 7) is 1.93. The zero-order valence-electron chi connectivity index (χ0n) is 14.3. The molecule has 0 unspecified atom stereocenters. The Morgan fingerprint density at radius 1 is 0.846 bits per heavy atom. The highest BCUT2D eigenvalue weighted by Gasteiger charge is 2.24. The fourth-order valence-electron chi connectivity index (χ4n) is 2.62. The number of benzene rings is 2. The summed E-state index contributed by atoms with van der Waals surface area (Å²) in [5.41, 5.74) is 1.97. The Morgan fingerprint density at radius 3 is 2.31 bits per heavy atom. The summed E-state index contributed by atoms with van der Waals surface area (Å²) in [5.74, 6) is 2.79. The molecule has 0 saturated carbocycles. The summed E-state index contributed by atoms with van der Waals surface area (Å²) in [6.07, 6.45) is 2.10. The molecule has 26 heavy (non-hydrogen) atoms. The molecule has 2 aromatic carbocycles. The largest absolute Gasteiger partial charge is 0.457 e. The number of hydrogen-bond donors (Lipinski definition) is 0. The van der Waals surface area contributed by atoms with Crippen LogP contribution in [0.15, 0.2) is 78.1 Å². The van der Waals surface area contributed by atoms with Gasteiger partial charge in [0.1, 0.15) is 17.2 Å². The van der Waals surface area contributed by atoms with E-state index in [0.29, 0.717) is 18.1 Å². The molecule has 0 radical (unpaired) electrons. The van der Waals surface area contributed by atoms with E-state index in [1.54, 1.807) is 6.20 Å². The number of hydrogen-bond acceptors (Lipinski definition) is 5. The first-order chi connectivity index (χ1) is 12.8. The van der Waals surface area contributed by atoms with Gasteiger partial charge in [0.05, 0.1) is 12.6 Å². The molecule has 130 valence electrons. The number of nitrogens with zero attached hydrogens (tertiary/aromatic N) is 2. The van der Waals surface area contributed by atoms with E-state index in [4.69, 9.17) is 14.3 Å². The SMILES string of the molecule is Cc1ccc(OC2=NO[C@@H](c3ccc(Oc4ccccc4)cc3)C2)cn1. The molecule has 5 nitrogen and oxygen atoms in total. The van der Waals surface area contributed by atoms with Gasteiger partial charge in [-0.25, -0.2) is 0 Å². The van der Waals surface area contributed by atoms with Crippen molar-refractivity contribution in [3.63, 3.8) is 0 Å². The molecule has 1 aliphatic rings. The lowest BCUT2D eigenvalue weighted by atomic mass is 10.1. The van der Waals surface area contributed by atoms with Crippen LogP contribution in [0.2, 0.25) is 0 Å². The van der Waals surface area contributed by atoms with E-state index in [-0.39, 0.29) is 6.10 Å². The van der Waals surface area contributed by atoms with E-state index in [9.17, 15) is 0 Å². The number of ether oxygens (including phenoxy) is 2. The summed E-state index contributed by atoms with van der Waals surface area (Å²) in [4.78, 5) is 9.72. The molecule has 1 atom stereocenters. The van der Waals surface area contributed by atoms with Crippen molar-refractivity contribution in [2.24, 2.45) is 5.16 Å². The van der Waals surface area contributed by atoms with Crippen molar-refractivity contribution in [2.75, 3.05) is 0 Å². The van der Waals surface area contributed by atoms with Crippen LogP contribution in [0.3, 0.4) is 0 Å². The van der Waals surface area contributed by atoms with E-state index in [0.717, 1.165) is 22.8 Å². The normalized spacial score (nSPS) is 15.9. The average molecular weight is 346 g/mol. The molecule has 0 bridgehead atoms. The van der Waals surface area contributed by atoms with Crippen LogP contribution in [0.4, 0.5) is 0 Å². The maximum Gasteiger partial charge on any atom is 0.235 e. The van der Waals surface area contributed by atoms with Gasteiger partial charge < -0.3 is 14.3 Å². The van der Waals surface area contributed by atoms with Crippen LogP contribution in [-0.2, 0) is 4.84 Å². The van der Waals surface area contributed by atoms with Crippen molar-refractivity contribution < 1.29 is 14.3 Å². The quantitative estimate of drug-likeness (QED) is 0.664. The summed E-state index contributed by atoms with van der Waals surface area (Å²) in [5, 5.41) is 4.04. The average Bonchev–Trinajstić information content (AvgIpc) is 3.14. The first kappa shape index (κ1) is 16.1. The lowest BCUT2D eigenvalue weighted by molar-refractivity contribution is 0.0855. The van der Waals surface area contributed by atoms with Gasteiger partial charge in [0.15, 0.2) is 6.10 Å². The van der Waals surface area contributed by atoms with Crippen molar-refractivity contribution >= 4 is 5.90 Å². The fourth-order valence-corrected chi connectivity index (χ4v) is 2.62. The van der Waals surface area contributed by atoms with Gasteiger partial charge in [-0.1, -0.05) is 35.5 Å². The molecule has 4 rings (SSSR count). The van der Waals surface area contributed by atoms with Gasteiger partial charge in [-0.3, -0.25) is 4.98 Å². The number of aryl methyl sites for hydroxylation is 1. The Bertz CT molecular complexity index is 891. The third-order valence-electron chi connectivity index (χ3n) is 3.99. The van der Waals surface area contributed by atoms with Crippen LogP contribution >= 0.6 is 0 Å². The number of para-hydroxylation sites is 1. The molecule has 1 aromatic heterocycles. The maximum atomic E-state index is 5.80. The van der Waals surface area contributed by atoms with Crippen LogP contribution in [0.5, 0.6) is 17.2 Å². The van der Waals surface area contributed by atoms with E-state index >= 15 is 0 Å². The second-order valence-corrected chi connectivity index (χ2v) is 6.00. The highest BCUT2D eigenvalue weighted by molar-refractivity contribution is 5.79. The Morgan fingerprint density at radius 2 is 1.58 bits per heavy atom. The molecule has 0 aliphatic carbocycles. The molecule has 0 saturated heterocycles. The highest BCUT2D eigenvalue weighted by Crippen LogP contribution is 2.30. The Labute approximate surface area is 151 Å². The first-order valence-electron chi connectivity index (χ1n) is 8.42. The number of aromatic nitrogens is 1.